The van der Waals surface area contributed by atoms with Crippen LogP contribution in [-0.2, 0) is 14.8 Å². The standard InChI is InChI=1S/C13H27N3O3S/c1-19-12-5-3-4-6-13(12,11-14)15-7-9-16(10-8-15)20(2,17)18/h12H,3-11,14H2,1-2H3. The van der Waals surface area contributed by atoms with E-state index in [1.807, 2.05) is 0 Å². The first kappa shape index (κ1) is 16.2. The van der Waals surface area contributed by atoms with Crippen LogP contribution in [0.25, 0.3) is 0 Å². The molecule has 2 atom stereocenters. The third kappa shape index (κ3) is 3.01. The Morgan fingerprint density at radius 2 is 1.90 bits per heavy atom. The first-order valence-electron chi connectivity index (χ1n) is 7.37. The third-order valence-corrected chi connectivity index (χ3v) is 6.20. The highest BCUT2D eigenvalue weighted by molar-refractivity contribution is 7.88. The van der Waals surface area contributed by atoms with E-state index in [0.717, 1.165) is 25.9 Å². The summed E-state index contributed by atoms with van der Waals surface area (Å²) < 4.78 is 30.4. The molecular weight excluding hydrogens is 278 g/mol. The van der Waals surface area contributed by atoms with Gasteiger partial charge in [0.05, 0.1) is 17.9 Å². The summed E-state index contributed by atoms with van der Waals surface area (Å²) in [4.78, 5) is 2.36. The van der Waals surface area contributed by atoms with Gasteiger partial charge < -0.3 is 10.5 Å². The Balaban J connectivity index is 2.10. The van der Waals surface area contributed by atoms with Crippen molar-refractivity contribution in [2.45, 2.75) is 37.3 Å². The van der Waals surface area contributed by atoms with E-state index in [1.54, 1.807) is 11.4 Å². The Hall–Kier alpha value is -0.210. The van der Waals surface area contributed by atoms with Crippen LogP contribution in [0.5, 0.6) is 0 Å². The van der Waals surface area contributed by atoms with E-state index in [2.05, 4.69) is 4.90 Å². The maximum Gasteiger partial charge on any atom is 0.211 e. The minimum Gasteiger partial charge on any atom is -0.379 e. The summed E-state index contributed by atoms with van der Waals surface area (Å²) in [6.07, 6.45) is 5.87. The largest absolute Gasteiger partial charge is 0.379 e. The molecule has 1 saturated heterocycles. The molecule has 1 aliphatic carbocycles. The van der Waals surface area contributed by atoms with Gasteiger partial charge in [-0.15, -0.1) is 0 Å². The SMILES string of the molecule is COC1CCCCC1(CN)N1CCN(S(C)(=O)=O)CC1. The van der Waals surface area contributed by atoms with E-state index in [0.29, 0.717) is 19.6 Å². The summed E-state index contributed by atoms with van der Waals surface area (Å²) in [5.41, 5.74) is 5.99. The van der Waals surface area contributed by atoms with Crippen LogP contribution in [0, 0.1) is 0 Å². The summed E-state index contributed by atoms with van der Waals surface area (Å²) in [5, 5.41) is 0. The number of nitrogens with two attached hydrogens (primary N) is 1. The predicted octanol–water partition coefficient (Wildman–Crippen LogP) is -0.150. The zero-order valence-electron chi connectivity index (χ0n) is 12.5. The molecule has 0 bridgehead atoms. The first-order chi connectivity index (χ1) is 9.44. The average molecular weight is 305 g/mol. The second-order valence-corrected chi connectivity index (χ2v) is 7.91. The van der Waals surface area contributed by atoms with E-state index < -0.39 is 10.0 Å². The number of nitrogens with zero attached hydrogens (tertiary/aromatic N) is 2. The van der Waals surface area contributed by atoms with Gasteiger partial charge in [-0.2, -0.15) is 4.31 Å². The van der Waals surface area contributed by atoms with Crippen molar-refractivity contribution in [2.24, 2.45) is 5.73 Å². The summed E-state index contributed by atoms with van der Waals surface area (Å²) >= 11 is 0. The highest BCUT2D eigenvalue weighted by Gasteiger charge is 2.46. The monoisotopic (exact) mass is 305 g/mol. The lowest BCUT2D eigenvalue weighted by Crippen LogP contribution is -2.66. The molecule has 118 valence electrons. The zero-order chi connectivity index (χ0) is 14.8. The highest BCUT2D eigenvalue weighted by atomic mass is 32.2. The second kappa shape index (κ2) is 6.27. The summed E-state index contributed by atoms with van der Waals surface area (Å²) in [5.74, 6) is 0. The van der Waals surface area contributed by atoms with Gasteiger partial charge in [0.1, 0.15) is 0 Å². The molecular formula is C13H27N3O3S. The molecule has 2 rings (SSSR count). The van der Waals surface area contributed by atoms with Gasteiger partial charge in [0, 0.05) is 39.8 Å². The van der Waals surface area contributed by atoms with Crippen LogP contribution in [0.3, 0.4) is 0 Å². The Bertz CT molecular complexity index is 421. The van der Waals surface area contributed by atoms with E-state index >= 15 is 0 Å². The fourth-order valence-corrected chi connectivity index (χ4v) is 4.54. The molecule has 0 aromatic carbocycles. The summed E-state index contributed by atoms with van der Waals surface area (Å²) in [6, 6.07) is 0. The maximum absolute atomic E-state index is 11.6. The van der Waals surface area contributed by atoms with Crippen molar-refractivity contribution in [3.05, 3.63) is 0 Å². The molecule has 6 nitrogen and oxygen atoms in total. The minimum absolute atomic E-state index is 0.114. The molecule has 1 aliphatic heterocycles. The molecule has 0 spiro atoms. The topological polar surface area (TPSA) is 75.9 Å². The fraction of sp³-hybridized carbons (Fsp3) is 1.00. The van der Waals surface area contributed by atoms with E-state index in [9.17, 15) is 8.42 Å². The number of hydrogen-bond donors (Lipinski definition) is 1. The van der Waals surface area contributed by atoms with Gasteiger partial charge in [-0.3, -0.25) is 4.90 Å². The van der Waals surface area contributed by atoms with Gasteiger partial charge >= 0.3 is 0 Å². The van der Waals surface area contributed by atoms with Crippen LogP contribution >= 0.6 is 0 Å². The number of sulfonamides is 1. The number of hydrogen-bond acceptors (Lipinski definition) is 5. The smallest absolute Gasteiger partial charge is 0.211 e. The molecule has 0 amide bonds. The van der Waals surface area contributed by atoms with Crippen LogP contribution in [0.1, 0.15) is 25.7 Å². The van der Waals surface area contributed by atoms with Gasteiger partial charge in [0.15, 0.2) is 0 Å². The van der Waals surface area contributed by atoms with Gasteiger partial charge in [0.25, 0.3) is 0 Å². The minimum atomic E-state index is -3.08. The average Bonchev–Trinajstić information content (AvgIpc) is 2.46. The van der Waals surface area contributed by atoms with Gasteiger partial charge in [-0.25, -0.2) is 8.42 Å². The predicted molar refractivity (Wildman–Crippen MR) is 79.0 cm³/mol. The molecule has 7 heteroatoms. The Morgan fingerprint density at radius 1 is 1.25 bits per heavy atom. The van der Waals surface area contributed by atoms with Gasteiger partial charge in [0.2, 0.25) is 10.0 Å². The number of methoxy groups -OCH3 is 1. The number of ether oxygens (including phenoxy) is 1. The molecule has 2 unspecified atom stereocenters. The number of piperazine rings is 1. The second-order valence-electron chi connectivity index (χ2n) is 5.93. The van der Waals surface area contributed by atoms with E-state index in [-0.39, 0.29) is 11.6 Å². The lowest BCUT2D eigenvalue weighted by molar-refractivity contribution is -0.0836. The fourth-order valence-electron chi connectivity index (χ4n) is 3.72. The van der Waals surface area contributed by atoms with Crippen molar-refractivity contribution in [3.63, 3.8) is 0 Å². The molecule has 2 aliphatic rings. The van der Waals surface area contributed by atoms with Gasteiger partial charge in [-0.1, -0.05) is 12.8 Å². The van der Waals surface area contributed by atoms with Crippen molar-refractivity contribution < 1.29 is 13.2 Å². The lowest BCUT2D eigenvalue weighted by atomic mass is 9.77. The quantitative estimate of drug-likeness (QED) is 0.782. The lowest BCUT2D eigenvalue weighted by Gasteiger charge is -2.52. The van der Waals surface area contributed by atoms with Crippen molar-refractivity contribution >= 4 is 10.0 Å². The van der Waals surface area contributed by atoms with Crippen molar-refractivity contribution in [2.75, 3.05) is 46.1 Å². The van der Waals surface area contributed by atoms with Crippen LogP contribution in [0.4, 0.5) is 0 Å². The molecule has 0 radical (unpaired) electrons. The Labute approximate surface area is 122 Å². The van der Waals surface area contributed by atoms with Crippen LogP contribution in [0.15, 0.2) is 0 Å². The molecule has 0 aromatic rings. The van der Waals surface area contributed by atoms with Crippen molar-refractivity contribution in [1.29, 1.82) is 0 Å². The van der Waals surface area contributed by atoms with Crippen LogP contribution < -0.4 is 5.73 Å². The molecule has 2 fully saturated rings. The Kier molecular flexibility index (Phi) is 5.07. The molecule has 20 heavy (non-hydrogen) atoms. The molecule has 1 heterocycles. The highest BCUT2D eigenvalue weighted by Crippen LogP contribution is 2.35. The van der Waals surface area contributed by atoms with Gasteiger partial charge in [-0.05, 0) is 12.8 Å². The molecule has 2 N–H and O–H groups in total. The summed E-state index contributed by atoms with van der Waals surface area (Å²) in [6.45, 7) is 3.16. The Morgan fingerprint density at radius 3 is 2.40 bits per heavy atom. The molecule has 0 aromatic heterocycles. The van der Waals surface area contributed by atoms with Crippen LogP contribution in [0.2, 0.25) is 0 Å². The third-order valence-electron chi connectivity index (χ3n) is 4.90. The normalized spacial score (nSPS) is 34.2. The van der Waals surface area contributed by atoms with E-state index in [4.69, 9.17) is 10.5 Å². The first-order valence-corrected chi connectivity index (χ1v) is 9.22. The maximum atomic E-state index is 11.6. The van der Waals surface area contributed by atoms with E-state index in [1.165, 1.54) is 19.1 Å². The zero-order valence-corrected chi connectivity index (χ0v) is 13.4. The van der Waals surface area contributed by atoms with Crippen molar-refractivity contribution in [3.8, 4) is 0 Å². The number of rotatable bonds is 4. The van der Waals surface area contributed by atoms with Crippen molar-refractivity contribution in [1.82, 2.24) is 9.21 Å². The van der Waals surface area contributed by atoms with Crippen LogP contribution in [-0.4, -0.2) is 75.4 Å². The summed E-state index contributed by atoms with van der Waals surface area (Å²) in [7, 11) is -1.32. The molecule has 1 saturated carbocycles.